The van der Waals surface area contributed by atoms with Gasteiger partial charge in [0.15, 0.2) is 9.84 Å². The van der Waals surface area contributed by atoms with E-state index in [1.807, 2.05) is 0 Å². The number of hydrogen-bond donors (Lipinski definition) is 0. The average Bonchev–Trinajstić information content (AvgIpc) is 2.78. The fourth-order valence-corrected chi connectivity index (χ4v) is 3.38. The molecule has 19 heavy (non-hydrogen) atoms. The number of thiophene rings is 1. The van der Waals surface area contributed by atoms with Crippen LogP contribution >= 0.6 is 11.3 Å². The summed E-state index contributed by atoms with van der Waals surface area (Å²) in [7, 11) is -3.20. The topological polar surface area (TPSA) is 74.3 Å². The van der Waals surface area contributed by atoms with Crippen LogP contribution in [0.15, 0.2) is 40.6 Å². The molecule has 0 radical (unpaired) electrons. The maximum Gasteiger partial charge on any atom is 1.00 e. The molecule has 0 bridgehead atoms. The van der Waals surface area contributed by atoms with Crippen molar-refractivity contribution in [3.63, 3.8) is 0 Å². The van der Waals surface area contributed by atoms with Crippen molar-refractivity contribution in [2.24, 2.45) is 0 Å². The Labute approximate surface area is 127 Å². The molecule has 0 aliphatic heterocycles. The molecule has 2 aromatic rings. The van der Waals surface area contributed by atoms with Crippen LogP contribution in [0.2, 0.25) is 0 Å². The van der Waals surface area contributed by atoms with Crippen LogP contribution in [-0.2, 0) is 9.84 Å². The smallest absolute Gasteiger partial charge is 0.545 e. The van der Waals surface area contributed by atoms with Gasteiger partial charge in [0.1, 0.15) is 4.21 Å². The van der Waals surface area contributed by atoms with Crippen molar-refractivity contribution in [1.29, 1.82) is 0 Å². The molecule has 1 aromatic heterocycles. The molecular weight excluding hydrogens is 279 g/mol. The Bertz CT molecular complexity index is 687. The van der Waals surface area contributed by atoms with E-state index in [1.165, 1.54) is 12.1 Å². The Hall–Kier alpha value is -1.06. The summed E-state index contributed by atoms with van der Waals surface area (Å²) in [6.45, 7) is 0. The van der Waals surface area contributed by atoms with E-state index in [4.69, 9.17) is 0 Å². The number of carboxylic acid groups (broad SMARTS) is 1. The standard InChI is InChI=1S/C12H10O4S2.Li/c1-18(15,16)11-7-6-10(17-11)8-2-4-9(5-3-8)12(13)14;/h2-7H,1H3,(H,13,14);/q;+1/p-1. The van der Waals surface area contributed by atoms with Crippen LogP contribution in [0.1, 0.15) is 10.4 Å². The normalized spacial score (nSPS) is 10.8. The third-order valence-corrected chi connectivity index (χ3v) is 5.31. The minimum absolute atomic E-state index is 0. The Kier molecular flexibility index (Phi) is 4.99. The van der Waals surface area contributed by atoms with E-state index in [1.54, 1.807) is 24.3 Å². The molecule has 2 rings (SSSR count). The fraction of sp³-hybridized carbons (Fsp3) is 0.0833. The first-order valence-electron chi connectivity index (χ1n) is 4.99. The molecule has 1 heterocycles. The molecule has 1 aromatic carbocycles. The first kappa shape index (κ1) is 16.0. The Balaban J connectivity index is 0.00000180. The third kappa shape index (κ3) is 3.71. The molecule has 0 atom stereocenters. The van der Waals surface area contributed by atoms with Crippen LogP contribution in [0.25, 0.3) is 10.4 Å². The number of carbonyl (C=O) groups excluding carboxylic acids is 1. The van der Waals surface area contributed by atoms with Crippen molar-refractivity contribution in [2.75, 3.05) is 6.26 Å². The van der Waals surface area contributed by atoms with Crippen molar-refractivity contribution in [3.8, 4) is 10.4 Å². The van der Waals surface area contributed by atoms with E-state index in [-0.39, 0.29) is 24.4 Å². The number of carbonyl (C=O) groups is 1. The molecule has 0 aliphatic carbocycles. The summed E-state index contributed by atoms with van der Waals surface area (Å²) in [6, 6.07) is 9.37. The van der Waals surface area contributed by atoms with Gasteiger partial charge in [0.2, 0.25) is 0 Å². The van der Waals surface area contributed by atoms with Crippen LogP contribution in [0.3, 0.4) is 0 Å². The van der Waals surface area contributed by atoms with Gasteiger partial charge in [0.05, 0.1) is 5.97 Å². The first-order valence-corrected chi connectivity index (χ1v) is 7.70. The van der Waals surface area contributed by atoms with E-state index in [0.29, 0.717) is 4.21 Å². The zero-order valence-electron chi connectivity index (χ0n) is 10.4. The zero-order valence-corrected chi connectivity index (χ0v) is 12.0. The van der Waals surface area contributed by atoms with Crippen LogP contribution in [0.4, 0.5) is 0 Å². The van der Waals surface area contributed by atoms with Gasteiger partial charge in [-0.25, -0.2) is 8.42 Å². The summed E-state index contributed by atoms with van der Waals surface area (Å²) in [4.78, 5) is 11.4. The first-order chi connectivity index (χ1) is 8.38. The number of hydrogen-bond acceptors (Lipinski definition) is 5. The quantitative estimate of drug-likeness (QED) is 0.624. The molecule has 0 aliphatic rings. The van der Waals surface area contributed by atoms with E-state index >= 15 is 0 Å². The molecule has 0 unspecified atom stereocenters. The number of aromatic carboxylic acids is 1. The summed E-state index contributed by atoms with van der Waals surface area (Å²) in [6.07, 6.45) is 1.15. The van der Waals surface area contributed by atoms with Crippen molar-refractivity contribution in [1.82, 2.24) is 0 Å². The second-order valence-corrected chi connectivity index (χ2v) is 7.08. The second-order valence-electron chi connectivity index (χ2n) is 3.76. The molecule has 0 amide bonds. The van der Waals surface area contributed by atoms with Crippen molar-refractivity contribution < 1.29 is 37.2 Å². The number of rotatable bonds is 3. The van der Waals surface area contributed by atoms with Gasteiger partial charge in [0, 0.05) is 11.1 Å². The zero-order chi connectivity index (χ0) is 13.3. The molecule has 0 saturated carbocycles. The average molecular weight is 288 g/mol. The van der Waals surface area contributed by atoms with Crippen LogP contribution < -0.4 is 24.0 Å². The summed E-state index contributed by atoms with van der Waals surface area (Å²) in [5.41, 5.74) is 0.874. The van der Waals surface area contributed by atoms with Crippen LogP contribution in [-0.4, -0.2) is 20.6 Å². The monoisotopic (exact) mass is 288 g/mol. The maximum absolute atomic E-state index is 11.3. The van der Waals surface area contributed by atoms with E-state index in [2.05, 4.69) is 0 Å². The number of benzene rings is 1. The van der Waals surface area contributed by atoms with Gasteiger partial charge in [-0.3, -0.25) is 0 Å². The largest absolute Gasteiger partial charge is 1.00 e. The molecule has 4 nitrogen and oxygen atoms in total. The molecular formula is C12H9LiO4S2. The van der Waals surface area contributed by atoms with Gasteiger partial charge >= 0.3 is 18.9 Å². The number of carboxylic acids is 1. The summed E-state index contributed by atoms with van der Waals surface area (Å²) >= 11 is 1.16. The molecule has 94 valence electrons. The van der Waals surface area contributed by atoms with Gasteiger partial charge in [0.25, 0.3) is 0 Å². The molecule has 0 N–H and O–H groups in total. The maximum atomic E-state index is 11.3. The van der Waals surface area contributed by atoms with Crippen molar-refractivity contribution >= 4 is 27.1 Å². The predicted molar refractivity (Wildman–Crippen MR) is 67.2 cm³/mol. The summed E-state index contributed by atoms with van der Waals surface area (Å²) in [5.74, 6) is -1.23. The minimum Gasteiger partial charge on any atom is -0.545 e. The van der Waals surface area contributed by atoms with Gasteiger partial charge in [-0.1, -0.05) is 24.3 Å². The summed E-state index contributed by atoms with van der Waals surface area (Å²) < 4.78 is 23.0. The van der Waals surface area contributed by atoms with Gasteiger partial charge in [-0.15, -0.1) is 11.3 Å². The third-order valence-electron chi connectivity index (χ3n) is 2.35. The number of sulfone groups is 1. The van der Waals surface area contributed by atoms with Gasteiger partial charge < -0.3 is 9.90 Å². The minimum atomic E-state index is -3.20. The van der Waals surface area contributed by atoms with Gasteiger partial charge in [-0.2, -0.15) is 0 Å². The van der Waals surface area contributed by atoms with Crippen LogP contribution in [0, 0.1) is 0 Å². The van der Waals surface area contributed by atoms with E-state index in [0.717, 1.165) is 28.0 Å². The van der Waals surface area contributed by atoms with E-state index in [9.17, 15) is 18.3 Å². The SMILES string of the molecule is CS(=O)(=O)c1ccc(-c2ccc(C(=O)[O-])cc2)s1.[Li+]. The Morgan fingerprint density at radius 1 is 1.11 bits per heavy atom. The van der Waals surface area contributed by atoms with Crippen LogP contribution in [0.5, 0.6) is 0 Å². The summed E-state index contributed by atoms with van der Waals surface area (Å²) in [5, 5.41) is 10.6. The van der Waals surface area contributed by atoms with E-state index < -0.39 is 15.8 Å². The van der Waals surface area contributed by atoms with Crippen molar-refractivity contribution in [3.05, 3.63) is 42.0 Å². The molecule has 7 heteroatoms. The second kappa shape index (κ2) is 5.93. The Morgan fingerprint density at radius 3 is 2.11 bits per heavy atom. The fourth-order valence-electron chi connectivity index (χ4n) is 1.45. The Morgan fingerprint density at radius 2 is 1.68 bits per heavy atom. The predicted octanol–water partition coefficient (Wildman–Crippen LogP) is -1.81. The molecule has 0 fully saturated rings. The molecule has 0 saturated heterocycles. The van der Waals surface area contributed by atoms with Gasteiger partial charge in [-0.05, 0) is 23.3 Å². The molecule has 0 spiro atoms. The van der Waals surface area contributed by atoms with Crippen molar-refractivity contribution in [2.45, 2.75) is 4.21 Å².